The molecular formula is C26H17ClFN3O3. The predicted octanol–water partition coefficient (Wildman–Crippen LogP) is 4.24. The van der Waals surface area contributed by atoms with Crippen LogP contribution in [0.4, 0.5) is 10.1 Å². The maximum atomic E-state index is 14.6. The molecule has 0 spiro atoms. The van der Waals surface area contributed by atoms with Crippen molar-refractivity contribution in [3.8, 4) is 0 Å². The molecule has 34 heavy (non-hydrogen) atoms. The van der Waals surface area contributed by atoms with Gasteiger partial charge in [-0.15, -0.1) is 0 Å². The number of ketones is 1. The third-order valence-electron chi connectivity index (χ3n) is 6.78. The van der Waals surface area contributed by atoms with Crippen molar-refractivity contribution in [2.75, 3.05) is 4.90 Å². The van der Waals surface area contributed by atoms with Crippen molar-refractivity contribution in [2.24, 2.45) is 16.9 Å². The van der Waals surface area contributed by atoms with E-state index in [1.807, 2.05) is 24.3 Å². The van der Waals surface area contributed by atoms with Gasteiger partial charge in [-0.2, -0.15) is 5.10 Å². The molecule has 2 saturated heterocycles. The van der Waals surface area contributed by atoms with E-state index < -0.39 is 41.6 Å². The van der Waals surface area contributed by atoms with E-state index in [2.05, 4.69) is 5.10 Å². The summed E-state index contributed by atoms with van der Waals surface area (Å²) in [6.07, 6.45) is 1.64. The van der Waals surface area contributed by atoms with Crippen molar-refractivity contribution in [3.05, 3.63) is 100 Å². The van der Waals surface area contributed by atoms with E-state index in [0.29, 0.717) is 10.6 Å². The summed E-state index contributed by atoms with van der Waals surface area (Å²) in [5, 5.41) is 6.56. The van der Waals surface area contributed by atoms with Crippen molar-refractivity contribution in [3.63, 3.8) is 0 Å². The van der Waals surface area contributed by atoms with Gasteiger partial charge < -0.3 is 0 Å². The Hall–Kier alpha value is -3.84. The summed E-state index contributed by atoms with van der Waals surface area (Å²) in [4.78, 5) is 42.0. The van der Waals surface area contributed by atoms with E-state index in [0.717, 1.165) is 16.0 Å². The molecule has 0 aliphatic carbocycles. The van der Waals surface area contributed by atoms with Crippen LogP contribution in [0.2, 0.25) is 5.02 Å². The lowest BCUT2D eigenvalue weighted by atomic mass is 9.83. The molecule has 6 rings (SSSR count). The third kappa shape index (κ3) is 2.86. The van der Waals surface area contributed by atoms with Crippen LogP contribution in [0, 0.1) is 17.7 Å². The molecule has 0 aromatic heterocycles. The topological polar surface area (TPSA) is 70.0 Å². The number of amides is 2. The summed E-state index contributed by atoms with van der Waals surface area (Å²) in [6.45, 7) is 0. The van der Waals surface area contributed by atoms with Gasteiger partial charge in [0.15, 0.2) is 5.78 Å². The maximum absolute atomic E-state index is 14.6. The zero-order chi connectivity index (χ0) is 23.6. The van der Waals surface area contributed by atoms with Crippen LogP contribution >= 0.6 is 11.6 Å². The highest BCUT2D eigenvalue weighted by Gasteiger charge is 2.65. The number of Topliss-reactive ketones (excluding diaryl/α,β-unsaturated/α-hetero) is 1. The zero-order valence-corrected chi connectivity index (χ0v) is 18.4. The second kappa shape index (κ2) is 7.60. The molecule has 3 aromatic carbocycles. The highest BCUT2D eigenvalue weighted by Crippen LogP contribution is 2.53. The van der Waals surface area contributed by atoms with Gasteiger partial charge in [-0.25, -0.2) is 9.29 Å². The minimum atomic E-state index is -1.02. The SMILES string of the molecule is O=C(c1ccc(Cl)cc1)[C@@H]1[C@@H]2C(=O)N(c3ccccc3F)C(=O)[C@@H]2[C@H]2c3ccccc3C=NN12. The van der Waals surface area contributed by atoms with Crippen molar-refractivity contribution in [1.29, 1.82) is 0 Å². The second-order valence-electron chi connectivity index (χ2n) is 8.53. The lowest BCUT2D eigenvalue weighted by molar-refractivity contribution is -0.124. The Bertz CT molecular complexity index is 1390. The second-order valence-corrected chi connectivity index (χ2v) is 8.97. The summed E-state index contributed by atoms with van der Waals surface area (Å²) >= 11 is 5.99. The van der Waals surface area contributed by atoms with Crippen LogP contribution in [0.15, 0.2) is 77.9 Å². The molecular weight excluding hydrogens is 457 g/mol. The maximum Gasteiger partial charge on any atom is 0.240 e. The average molecular weight is 474 g/mol. The smallest absolute Gasteiger partial charge is 0.240 e. The van der Waals surface area contributed by atoms with Crippen molar-refractivity contribution in [1.82, 2.24) is 5.01 Å². The Balaban J connectivity index is 1.51. The molecule has 2 amide bonds. The Labute approximate surface area is 199 Å². The molecule has 2 fully saturated rings. The van der Waals surface area contributed by atoms with E-state index >= 15 is 0 Å². The minimum absolute atomic E-state index is 0.108. The summed E-state index contributed by atoms with van der Waals surface area (Å²) < 4.78 is 14.6. The first kappa shape index (κ1) is 20.7. The number of nitrogens with zero attached hydrogens (tertiary/aromatic N) is 3. The number of hydrazone groups is 1. The van der Waals surface area contributed by atoms with Crippen LogP contribution in [0.3, 0.4) is 0 Å². The normalized spacial score (nSPS) is 24.8. The van der Waals surface area contributed by atoms with Crippen LogP contribution in [0.25, 0.3) is 0 Å². The first-order chi connectivity index (χ1) is 16.5. The molecule has 3 aliphatic heterocycles. The highest BCUT2D eigenvalue weighted by molar-refractivity contribution is 6.30. The van der Waals surface area contributed by atoms with Crippen LogP contribution in [0.1, 0.15) is 27.5 Å². The van der Waals surface area contributed by atoms with Crippen molar-refractivity contribution >= 4 is 41.1 Å². The molecule has 4 atom stereocenters. The monoisotopic (exact) mass is 473 g/mol. The average Bonchev–Trinajstić information content (AvgIpc) is 3.32. The van der Waals surface area contributed by atoms with Gasteiger partial charge in [0.25, 0.3) is 0 Å². The fourth-order valence-corrected chi connectivity index (χ4v) is 5.45. The summed E-state index contributed by atoms with van der Waals surface area (Å²) in [6, 6.07) is 17.8. The van der Waals surface area contributed by atoms with Crippen LogP contribution in [-0.2, 0) is 9.59 Å². The molecule has 6 nitrogen and oxygen atoms in total. The number of rotatable bonds is 3. The molecule has 3 aromatic rings. The lowest BCUT2D eigenvalue weighted by Crippen LogP contribution is -2.44. The number of carbonyl (C=O) groups excluding carboxylic acids is 3. The molecule has 168 valence electrons. The van der Waals surface area contributed by atoms with E-state index in [9.17, 15) is 18.8 Å². The first-order valence-corrected chi connectivity index (χ1v) is 11.2. The fourth-order valence-electron chi connectivity index (χ4n) is 5.32. The van der Waals surface area contributed by atoms with Gasteiger partial charge in [-0.1, -0.05) is 48.0 Å². The van der Waals surface area contributed by atoms with Crippen molar-refractivity contribution < 1.29 is 18.8 Å². The summed E-state index contributed by atoms with van der Waals surface area (Å²) in [7, 11) is 0. The number of anilines is 1. The number of halogens is 2. The minimum Gasteiger partial charge on any atom is -0.292 e. The molecule has 3 aliphatic rings. The first-order valence-electron chi connectivity index (χ1n) is 10.8. The standard InChI is InChI=1S/C26H17ClFN3O3/c27-16-11-9-14(10-12-16)24(32)23-21-20(22-17-6-2-1-5-15(17)13-29-31(22)23)25(33)30(26(21)34)19-8-4-3-7-18(19)28/h1-13,20-23H/t20-,21+,22+,23-/m0/s1. The quantitative estimate of drug-likeness (QED) is 0.421. The number of benzene rings is 3. The lowest BCUT2D eigenvalue weighted by Gasteiger charge is -2.33. The van der Waals surface area contributed by atoms with Gasteiger partial charge in [0, 0.05) is 10.6 Å². The van der Waals surface area contributed by atoms with Gasteiger partial charge in [0.2, 0.25) is 11.8 Å². The number of imide groups is 1. The van der Waals surface area contributed by atoms with Gasteiger partial charge in [-0.3, -0.25) is 19.4 Å². The van der Waals surface area contributed by atoms with Gasteiger partial charge >= 0.3 is 0 Å². The van der Waals surface area contributed by atoms with E-state index in [4.69, 9.17) is 11.6 Å². The molecule has 0 radical (unpaired) electrons. The van der Waals surface area contributed by atoms with Crippen LogP contribution in [0.5, 0.6) is 0 Å². The van der Waals surface area contributed by atoms with Crippen molar-refractivity contribution in [2.45, 2.75) is 12.1 Å². The largest absolute Gasteiger partial charge is 0.292 e. The van der Waals surface area contributed by atoms with E-state index in [1.165, 1.54) is 18.2 Å². The summed E-state index contributed by atoms with van der Waals surface area (Å²) in [5.41, 5.74) is 1.86. The molecule has 0 bridgehead atoms. The zero-order valence-electron chi connectivity index (χ0n) is 17.6. The van der Waals surface area contributed by atoms with Gasteiger partial charge in [0.05, 0.1) is 29.8 Å². The van der Waals surface area contributed by atoms with E-state index in [-0.39, 0.29) is 11.5 Å². The number of para-hydroxylation sites is 1. The predicted molar refractivity (Wildman–Crippen MR) is 124 cm³/mol. The van der Waals surface area contributed by atoms with E-state index in [1.54, 1.807) is 41.6 Å². The molecule has 0 saturated carbocycles. The molecule has 3 heterocycles. The Morgan fingerprint density at radius 1 is 0.882 bits per heavy atom. The Morgan fingerprint density at radius 2 is 1.56 bits per heavy atom. The van der Waals surface area contributed by atoms with Crippen LogP contribution in [-0.4, -0.2) is 34.9 Å². The number of fused-ring (bicyclic) bond motifs is 5. The Morgan fingerprint density at radius 3 is 2.32 bits per heavy atom. The number of hydrogen-bond donors (Lipinski definition) is 0. The highest BCUT2D eigenvalue weighted by atomic mass is 35.5. The third-order valence-corrected chi connectivity index (χ3v) is 7.04. The summed E-state index contributed by atoms with van der Waals surface area (Å²) in [5.74, 6) is -4.05. The van der Waals surface area contributed by atoms with Gasteiger partial charge in [0.1, 0.15) is 11.9 Å². The number of hydrogen-bond acceptors (Lipinski definition) is 5. The number of carbonyl (C=O) groups is 3. The Kier molecular flexibility index (Phi) is 4.64. The fraction of sp³-hybridized carbons (Fsp3) is 0.154. The van der Waals surface area contributed by atoms with Gasteiger partial charge in [-0.05, 0) is 47.5 Å². The molecule has 0 N–H and O–H groups in total. The molecule has 8 heteroatoms. The molecule has 0 unspecified atom stereocenters. The van der Waals surface area contributed by atoms with Crippen LogP contribution < -0.4 is 4.90 Å².